The summed E-state index contributed by atoms with van der Waals surface area (Å²) in [6.07, 6.45) is -0.518. The number of anilines is 1. The van der Waals surface area contributed by atoms with Gasteiger partial charge in [-0.05, 0) is 18.2 Å². The quantitative estimate of drug-likeness (QED) is 0.875. The number of hydrogen-bond acceptors (Lipinski definition) is 5. The first-order valence-electron chi connectivity index (χ1n) is 6.51. The van der Waals surface area contributed by atoms with Crippen LogP contribution in [0.15, 0.2) is 42.5 Å². The molecule has 5 heteroatoms. The van der Waals surface area contributed by atoms with Gasteiger partial charge in [-0.15, -0.1) is 0 Å². The van der Waals surface area contributed by atoms with Crippen LogP contribution in [0.25, 0.3) is 0 Å². The van der Waals surface area contributed by atoms with Crippen molar-refractivity contribution >= 4 is 11.7 Å². The standard InChI is InChI=1S/C16H15NO4/c1-19-10-7-8-13(14(9-10)20-2)17-15-11-5-3-4-6-12(11)16(18)21-15/h3-9,15,17H,1-2H3/t15-/m0/s1. The van der Waals surface area contributed by atoms with Crippen molar-refractivity contribution in [3.63, 3.8) is 0 Å². The van der Waals surface area contributed by atoms with E-state index in [0.29, 0.717) is 17.1 Å². The number of nitrogens with one attached hydrogen (secondary N) is 1. The number of carbonyl (C=O) groups excluding carboxylic acids is 1. The molecule has 0 unspecified atom stereocenters. The molecule has 0 bridgehead atoms. The van der Waals surface area contributed by atoms with Crippen molar-refractivity contribution in [2.75, 3.05) is 19.5 Å². The van der Waals surface area contributed by atoms with Crippen LogP contribution < -0.4 is 14.8 Å². The Bertz CT molecular complexity index is 684. The number of benzene rings is 2. The van der Waals surface area contributed by atoms with Gasteiger partial charge in [0.1, 0.15) is 11.5 Å². The molecule has 0 fully saturated rings. The molecule has 0 amide bonds. The highest BCUT2D eigenvalue weighted by atomic mass is 16.6. The zero-order valence-corrected chi connectivity index (χ0v) is 11.8. The van der Waals surface area contributed by atoms with Gasteiger partial charge in [-0.25, -0.2) is 4.79 Å². The summed E-state index contributed by atoms with van der Waals surface area (Å²) in [6, 6.07) is 12.7. The van der Waals surface area contributed by atoms with E-state index in [1.807, 2.05) is 30.3 Å². The van der Waals surface area contributed by atoms with Gasteiger partial charge in [-0.3, -0.25) is 0 Å². The number of carbonyl (C=O) groups is 1. The van der Waals surface area contributed by atoms with Crippen molar-refractivity contribution in [3.05, 3.63) is 53.6 Å². The average Bonchev–Trinajstić information content (AvgIpc) is 2.84. The molecule has 1 N–H and O–H groups in total. The average molecular weight is 285 g/mol. The first-order valence-corrected chi connectivity index (χ1v) is 6.51. The number of fused-ring (bicyclic) bond motifs is 1. The van der Waals surface area contributed by atoms with E-state index in [9.17, 15) is 4.79 Å². The molecule has 0 radical (unpaired) electrons. The monoisotopic (exact) mass is 285 g/mol. The van der Waals surface area contributed by atoms with Gasteiger partial charge in [-0.1, -0.05) is 18.2 Å². The second-order valence-electron chi connectivity index (χ2n) is 4.58. The van der Waals surface area contributed by atoms with E-state index in [2.05, 4.69) is 5.32 Å². The second-order valence-corrected chi connectivity index (χ2v) is 4.58. The number of cyclic esters (lactones) is 1. The Labute approximate surface area is 122 Å². The molecule has 0 spiro atoms. The minimum absolute atomic E-state index is 0.324. The van der Waals surface area contributed by atoms with Crippen LogP contribution in [0.2, 0.25) is 0 Å². The molecule has 2 aromatic carbocycles. The Morgan fingerprint density at radius 1 is 1.10 bits per heavy atom. The fraction of sp³-hybridized carbons (Fsp3) is 0.188. The van der Waals surface area contributed by atoms with Gasteiger partial charge in [0, 0.05) is 11.6 Å². The lowest BCUT2D eigenvalue weighted by atomic mass is 10.1. The maximum Gasteiger partial charge on any atom is 0.340 e. The minimum atomic E-state index is -0.518. The van der Waals surface area contributed by atoms with E-state index in [-0.39, 0.29) is 5.97 Å². The molecule has 0 saturated carbocycles. The molecular formula is C16H15NO4. The molecule has 3 rings (SSSR count). The topological polar surface area (TPSA) is 56.8 Å². The summed E-state index contributed by atoms with van der Waals surface area (Å²) in [4.78, 5) is 11.8. The summed E-state index contributed by atoms with van der Waals surface area (Å²) < 4.78 is 15.8. The van der Waals surface area contributed by atoms with E-state index >= 15 is 0 Å². The highest BCUT2D eigenvalue weighted by molar-refractivity contribution is 5.94. The molecule has 1 atom stereocenters. The Morgan fingerprint density at radius 3 is 2.67 bits per heavy atom. The lowest BCUT2D eigenvalue weighted by Gasteiger charge is -2.17. The van der Waals surface area contributed by atoms with Crippen LogP contribution in [-0.4, -0.2) is 20.2 Å². The third-order valence-electron chi connectivity index (χ3n) is 3.38. The van der Waals surface area contributed by atoms with Crippen molar-refractivity contribution in [3.8, 4) is 11.5 Å². The van der Waals surface area contributed by atoms with Crippen LogP contribution in [0.4, 0.5) is 5.69 Å². The Kier molecular flexibility index (Phi) is 3.39. The minimum Gasteiger partial charge on any atom is -0.497 e. The molecule has 1 heterocycles. The zero-order chi connectivity index (χ0) is 14.8. The van der Waals surface area contributed by atoms with Gasteiger partial charge < -0.3 is 19.5 Å². The lowest BCUT2D eigenvalue weighted by Crippen LogP contribution is -2.11. The third kappa shape index (κ3) is 2.38. The van der Waals surface area contributed by atoms with Crippen LogP contribution in [0.1, 0.15) is 22.1 Å². The number of ether oxygens (including phenoxy) is 3. The molecular weight excluding hydrogens is 270 g/mol. The second kappa shape index (κ2) is 5.36. The molecule has 108 valence electrons. The van der Waals surface area contributed by atoms with Gasteiger partial charge in [0.25, 0.3) is 0 Å². The predicted octanol–water partition coefficient (Wildman–Crippen LogP) is 2.98. The van der Waals surface area contributed by atoms with Crippen molar-refractivity contribution < 1.29 is 19.0 Å². The molecule has 5 nitrogen and oxygen atoms in total. The smallest absolute Gasteiger partial charge is 0.340 e. The van der Waals surface area contributed by atoms with Gasteiger partial charge in [0.15, 0.2) is 0 Å². The highest BCUT2D eigenvalue weighted by Gasteiger charge is 2.30. The molecule has 0 saturated heterocycles. The fourth-order valence-electron chi connectivity index (χ4n) is 2.31. The molecule has 0 aromatic heterocycles. The lowest BCUT2D eigenvalue weighted by molar-refractivity contribution is 0.0436. The van der Waals surface area contributed by atoms with E-state index in [0.717, 1.165) is 11.3 Å². The first kappa shape index (κ1) is 13.3. The van der Waals surface area contributed by atoms with Gasteiger partial charge in [0.2, 0.25) is 6.23 Å². The van der Waals surface area contributed by atoms with Crippen LogP contribution in [-0.2, 0) is 4.74 Å². The summed E-state index contributed by atoms with van der Waals surface area (Å²) >= 11 is 0. The molecule has 1 aliphatic rings. The summed E-state index contributed by atoms with van der Waals surface area (Å²) in [5, 5.41) is 3.17. The fourth-order valence-corrected chi connectivity index (χ4v) is 2.31. The molecule has 0 aliphatic carbocycles. The Hall–Kier alpha value is -2.69. The van der Waals surface area contributed by atoms with Crippen LogP contribution in [0, 0.1) is 0 Å². The highest BCUT2D eigenvalue weighted by Crippen LogP contribution is 2.36. The van der Waals surface area contributed by atoms with Crippen LogP contribution in [0.5, 0.6) is 11.5 Å². The van der Waals surface area contributed by atoms with E-state index in [1.165, 1.54) is 0 Å². The Morgan fingerprint density at radius 2 is 1.90 bits per heavy atom. The van der Waals surface area contributed by atoms with Crippen molar-refractivity contribution in [1.82, 2.24) is 0 Å². The third-order valence-corrected chi connectivity index (χ3v) is 3.38. The van der Waals surface area contributed by atoms with E-state index in [1.54, 1.807) is 26.4 Å². The number of esters is 1. The van der Waals surface area contributed by atoms with E-state index in [4.69, 9.17) is 14.2 Å². The summed E-state index contributed by atoms with van der Waals surface area (Å²) in [6.45, 7) is 0. The number of rotatable bonds is 4. The van der Waals surface area contributed by atoms with Crippen molar-refractivity contribution in [2.45, 2.75) is 6.23 Å². The largest absolute Gasteiger partial charge is 0.497 e. The summed E-state index contributed by atoms with van der Waals surface area (Å²) in [7, 11) is 3.17. The molecule has 1 aliphatic heterocycles. The number of methoxy groups -OCH3 is 2. The Balaban J connectivity index is 1.90. The number of hydrogen-bond donors (Lipinski definition) is 1. The van der Waals surface area contributed by atoms with Crippen molar-refractivity contribution in [2.24, 2.45) is 0 Å². The summed E-state index contributed by atoms with van der Waals surface area (Å²) in [5.74, 6) is 0.992. The molecule has 2 aromatic rings. The summed E-state index contributed by atoms with van der Waals surface area (Å²) in [5.41, 5.74) is 2.13. The maximum absolute atomic E-state index is 11.8. The predicted molar refractivity (Wildman–Crippen MR) is 77.8 cm³/mol. The van der Waals surface area contributed by atoms with Gasteiger partial charge in [-0.2, -0.15) is 0 Å². The van der Waals surface area contributed by atoms with Gasteiger partial charge in [0.05, 0.1) is 25.5 Å². The van der Waals surface area contributed by atoms with Crippen LogP contribution >= 0.6 is 0 Å². The normalized spacial score (nSPS) is 16.1. The maximum atomic E-state index is 11.8. The zero-order valence-electron chi connectivity index (χ0n) is 11.8. The first-order chi connectivity index (χ1) is 10.2. The van der Waals surface area contributed by atoms with Crippen molar-refractivity contribution in [1.29, 1.82) is 0 Å². The van der Waals surface area contributed by atoms with Gasteiger partial charge >= 0.3 is 5.97 Å². The molecule has 21 heavy (non-hydrogen) atoms. The van der Waals surface area contributed by atoms with E-state index < -0.39 is 6.23 Å². The SMILES string of the molecule is COc1ccc(N[C@H]2OC(=O)c3ccccc32)c(OC)c1. The van der Waals surface area contributed by atoms with Crippen LogP contribution in [0.3, 0.4) is 0 Å².